The van der Waals surface area contributed by atoms with E-state index in [4.69, 9.17) is 4.74 Å². The van der Waals surface area contributed by atoms with E-state index in [0.717, 1.165) is 12.2 Å². The molecule has 1 aromatic heterocycles. The molecule has 0 spiro atoms. The highest BCUT2D eigenvalue weighted by atomic mass is 32.1. The van der Waals surface area contributed by atoms with E-state index in [0.29, 0.717) is 50.4 Å². The van der Waals surface area contributed by atoms with Crippen molar-refractivity contribution >= 4 is 23.2 Å². The van der Waals surface area contributed by atoms with Crippen LogP contribution in [0.2, 0.25) is 0 Å². The molecule has 1 N–H and O–H groups in total. The number of hydrogen-bond donors (Lipinski definition) is 1. The lowest BCUT2D eigenvalue weighted by Crippen LogP contribution is -2.46. The average molecular weight is 459 g/mol. The number of carbonyl (C=O) groups excluding carboxylic acids is 2. The van der Waals surface area contributed by atoms with Crippen LogP contribution in [0.3, 0.4) is 0 Å². The van der Waals surface area contributed by atoms with E-state index in [1.54, 1.807) is 11.6 Å². The molecule has 0 radical (unpaired) electrons. The summed E-state index contributed by atoms with van der Waals surface area (Å²) in [4.78, 5) is 33.8. The molecule has 32 heavy (non-hydrogen) atoms. The van der Waals surface area contributed by atoms with Gasteiger partial charge in [-0.15, -0.1) is 11.3 Å². The Labute approximate surface area is 194 Å². The fourth-order valence-corrected chi connectivity index (χ4v) is 4.64. The molecule has 8 heteroatoms. The van der Waals surface area contributed by atoms with Gasteiger partial charge in [-0.05, 0) is 50.6 Å². The summed E-state index contributed by atoms with van der Waals surface area (Å²) in [5.74, 6) is 0.692. The van der Waals surface area contributed by atoms with Crippen LogP contribution in [0, 0.1) is 11.3 Å². The van der Waals surface area contributed by atoms with Crippen LogP contribution in [-0.4, -0.2) is 66.9 Å². The van der Waals surface area contributed by atoms with Crippen LogP contribution in [0.25, 0.3) is 0 Å². The van der Waals surface area contributed by atoms with Crippen LogP contribution in [0.1, 0.15) is 42.7 Å². The Morgan fingerprint density at radius 2 is 2.03 bits per heavy atom. The molecule has 0 bridgehead atoms. The quantitative estimate of drug-likeness (QED) is 0.624. The molecule has 1 aliphatic rings. The van der Waals surface area contributed by atoms with Crippen LogP contribution in [-0.2, 0) is 11.4 Å². The summed E-state index contributed by atoms with van der Waals surface area (Å²) in [5, 5.41) is 5.06. The van der Waals surface area contributed by atoms with Crippen LogP contribution >= 0.6 is 11.3 Å². The van der Waals surface area contributed by atoms with Gasteiger partial charge in [-0.25, -0.2) is 4.98 Å². The van der Waals surface area contributed by atoms with Gasteiger partial charge in [-0.3, -0.25) is 9.59 Å². The molecule has 2 heterocycles. The van der Waals surface area contributed by atoms with E-state index < -0.39 is 0 Å². The maximum Gasteiger partial charge on any atom is 0.253 e. The van der Waals surface area contributed by atoms with Crippen molar-refractivity contribution in [1.29, 1.82) is 0 Å². The molecular formula is C24H34N4O3S. The summed E-state index contributed by atoms with van der Waals surface area (Å²) in [7, 11) is 4.08. The Balaban J connectivity index is 1.48. The lowest BCUT2D eigenvalue weighted by molar-refractivity contribution is -0.126. The number of ether oxygens (including phenoxy) is 1. The highest BCUT2D eigenvalue weighted by molar-refractivity contribution is 7.07. The maximum absolute atomic E-state index is 13.0. The Morgan fingerprint density at radius 1 is 1.28 bits per heavy atom. The van der Waals surface area contributed by atoms with Crippen molar-refractivity contribution in [2.75, 3.05) is 40.3 Å². The summed E-state index contributed by atoms with van der Waals surface area (Å²) in [5.41, 5.74) is 3.27. The summed E-state index contributed by atoms with van der Waals surface area (Å²) in [6.45, 7) is 7.42. The standard InChI is InChI=1S/C24H34N4O3S/c1-24(2,16-27(3)4)15-25-22(29)18-8-10-28(11-9-18)23(30)19-6-5-7-21(12-19)31-13-20-14-32-17-26-20/h5-7,12,14,17-18H,8-11,13,15-16H2,1-4H3,(H,25,29). The Bertz CT molecular complexity index is 890. The third kappa shape index (κ3) is 7.03. The van der Waals surface area contributed by atoms with E-state index in [2.05, 4.69) is 29.0 Å². The molecule has 174 valence electrons. The number of nitrogens with zero attached hydrogens (tertiary/aromatic N) is 3. The first-order valence-electron chi connectivity index (χ1n) is 11.1. The molecule has 3 rings (SSSR count). The Hall–Kier alpha value is -2.45. The first-order chi connectivity index (χ1) is 15.2. The number of aromatic nitrogens is 1. The van der Waals surface area contributed by atoms with Gasteiger partial charge in [0.25, 0.3) is 5.91 Å². The first kappa shape index (κ1) is 24.2. The van der Waals surface area contributed by atoms with Gasteiger partial charge < -0.3 is 19.9 Å². The summed E-state index contributed by atoms with van der Waals surface area (Å²) in [6.07, 6.45) is 1.37. The van der Waals surface area contributed by atoms with Crippen molar-refractivity contribution in [2.45, 2.75) is 33.3 Å². The fraction of sp³-hybridized carbons (Fsp3) is 0.542. The van der Waals surface area contributed by atoms with E-state index in [1.165, 1.54) is 11.3 Å². The van der Waals surface area contributed by atoms with E-state index >= 15 is 0 Å². The van der Waals surface area contributed by atoms with Crippen molar-refractivity contribution in [3.63, 3.8) is 0 Å². The van der Waals surface area contributed by atoms with E-state index in [1.807, 2.05) is 42.6 Å². The molecule has 1 aliphatic heterocycles. The SMILES string of the molecule is CN(C)CC(C)(C)CNC(=O)C1CCN(C(=O)c2cccc(OCc3cscn3)c2)CC1. The second-order valence-electron chi connectivity index (χ2n) is 9.48. The number of rotatable bonds is 9. The van der Waals surface area contributed by atoms with Gasteiger partial charge in [0.15, 0.2) is 0 Å². The molecule has 0 aliphatic carbocycles. The summed E-state index contributed by atoms with van der Waals surface area (Å²) >= 11 is 1.53. The molecule has 1 aromatic carbocycles. The van der Waals surface area contributed by atoms with Gasteiger partial charge >= 0.3 is 0 Å². The normalized spacial score (nSPS) is 15.1. The zero-order chi connectivity index (χ0) is 23.1. The number of thiazole rings is 1. The summed E-state index contributed by atoms with van der Waals surface area (Å²) < 4.78 is 5.77. The van der Waals surface area contributed by atoms with Gasteiger partial charge in [0.1, 0.15) is 12.4 Å². The van der Waals surface area contributed by atoms with Gasteiger partial charge in [0.05, 0.1) is 11.2 Å². The molecule has 7 nitrogen and oxygen atoms in total. The molecule has 0 saturated carbocycles. The van der Waals surface area contributed by atoms with Gasteiger partial charge in [-0.2, -0.15) is 0 Å². The minimum absolute atomic E-state index is 0.0163. The third-order valence-electron chi connectivity index (χ3n) is 5.59. The number of nitrogens with one attached hydrogen (secondary N) is 1. The third-order valence-corrected chi connectivity index (χ3v) is 6.22. The molecule has 1 fully saturated rings. The molecule has 1 saturated heterocycles. The van der Waals surface area contributed by atoms with Gasteiger partial charge in [0.2, 0.25) is 5.91 Å². The predicted octanol–water partition coefficient (Wildman–Crippen LogP) is 3.28. The van der Waals surface area contributed by atoms with Gasteiger partial charge in [0, 0.05) is 43.0 Å². The van der Waals surface area contributed by atoms with Crippen molar-refractivity contribution < 1.29 is 14.3 Å². The Morgan fingerprint density at radius 3 is 2.69 bits per heavy atom. The lowest BCUT2D eigenvalue weighted by Gasteiger charge is -2.33. The Kier molecular flexibility index (Phi) is 8.26. The maximum atomic E-state index is 13.0. The number of amides is 2. The van der Waals surface area contributed by atoms with Crippen LogP contribution < -0.4 is 10.1 Å². The number of hydrogen-bond acceptors (Lipinski definition) is 6. The second-order valence-corrected chi connectivity index (χ2v) is 10.2. The fourth-order valence-electron chi connectivity index (χ4n) is 4.10. The van der Waals surface area contributed by atoms with Crippen molar-refractivity contribution in [2.24, 2.45) is 11.3 Å². The molecular weight excluding hydrogens is 424 g/mol. The van der Waals surface area contributed by atoms with E-state index in [-0.39, 0.29) is 23.1 Å². The number of benzene rings is 1. The van der Waals surface area contributed by atoms with Crippen LogP contribution in [0.4, 0.5) is 0 Å². The largest absolute Gasteiger partial charge is 0.487 e. The monoisotopic (exact) mass is 458 g/mol. The molecule has 0 atom stereocenters. The van der Waals surface area contributed by atoms with Crippen LogP contribution in [0.5, 0.6) is 5.75 Å². The van der Waals surface area contributed by atoms with Gasteiger partial charge in [-0.1, -0.05) is 19.9 Å². The molecule has 0 unspecified atom stereocenters. The zero-order valence-corrected chi connectivity index (χ0v) is 20.3. The first-order valence-corrected chi connectivity index (χ1v) is 12.0. The highest BCUT2D eigenvalue weighted by Gasteiger charge is 2.29. The highest BCUT2D eigenvalue weighted by Crippen LogP contribution is 2.22. The average Bonchev–Trinajstić information content (AvgIpc) is 3.29. The van der Waals surface area contributed by atoms with Crippen molar-refractivity contribution in [3.8, 4) is 5.75 Å². The number of piperidine rings is 1. The minimum atomic E-state index is -0.0398. The minimum Gasteiger partial charge on any atom is -0.487 e. The van der Waals surface area contributed by atoms with E-state index in [9.17, 15) is 9.59 Å². The lowest BCUT2D eigenvalue weighted by atomic mass is 9.91. The smallest absolute Gasteiger partial charge is 0.253 e. The van der Waals surface area contributed by atoms with Crippen molar-refractivity contribution in [1.82, 2.24) is 20.1 Å². The number of likely N-dealkylation sites (tertiary alicyclic amines) is 1. The number of carbonyl (C=O) groups is 2. The predicted molar refractivity (Wildman–Crippen MR) is 127 cm³/mol. The van der Waals surface area contributed by atoms with Crippen LogP contribution in [0.15, 0.2) is 35.2 Å². The molecule has 2 amide bonds. The second kappa shape index (κ2) is 10.9. The van der Waals surface area contributed by atoms with Crippen molar-refractivity contribution in [3.05, 3.63) is 46.4 Å². The molecule has 2 aromatic rings. The summed E-state index contributed by atoms with van der Waals surface area (Å²) in [6, 6.07) is 7.26. The topological polar surface area (TPSA) is 74.8 Å². The zero-order valence-electron chi connectivity index (χ0n) is 19.5.